The molecule has 6 heteroatoms. The van der Waals surface area contributed by atoms with Crippen LogP contribution in [0.5, 0.6) is 5.75 Å². The van der Waals surface area contributed by atoms with Crippen LogP contribution in [-0.2, 0) is 9.59 Å². The second kappa shape index (κ2) is 22.7. The molecule has 0 aliphatic rings. The summed E-state index contributed by atoms with van der Waals surface area (Å²) in [6.45, 7) is 5.24. The molecule has 39 heavy (non-hydrogen) atoms. The number of carboxylic acid groups (broad SMARTS) is 2. The Morgan fingerprint density at radius 1 is 0.590 bits per heavy atom. The van der Waals surface area contributed by atoms with Crippen molar-refractivity contribution in [2.75, 3.05) is 13.1 Å². The van der Waals surface area contributed by atoms with E-state index in [1.165, 1.54) is 89.9 Å². The van der Waals surface area contributed by atoms with E-state index in [1.54, 1.807) is 35.2 Å². The maximum Gasteiger partial charge on any atom is 0.376 e. The first kappa shape index (κ1) is 34.9. The van der Waals surface area contributed by atoms with E-state index in [0.717, 1.165) is 38.5 Å². The average molecular weight is 548 g/mol. The number of carboxylic acids is 2. The van der Waals surface area contributed by atoms with E-state index >= 15 is 0 Å². The van der Waals surface area contributed by atoms with Crippen LogP contribution in [0.4, 0.5) is 0 Å². The molecule has 1 rings (SSSR count). The number of ether oxygens (including phenoxy) is 1. The van der Waals surface area contributed by atoms with Gasteiger partial charge in [0.15, 0.2) is 0 Å². The lowest BCUT2D eigenvalue weighted by Crippen LogP contribution is -2.64. The van der Waals surface area contributed by atoms with Gasteiger partial charge < -0.3 is 14.9 Å². The van der Waals surface area contributed by atoms with Crippen molar-refractivity contribution in [2.24, 2.45) is 0 Å². The zero-order valence-corrected chi connectivity index (χ0v) is 25.0. The molecule has 0 aliphatic heterocycles. The summed E-state index contributed by atoms with van der Waals surface area (Å²) in [5, 5.41) is 20.4. The number of hydrogen-bond acceptors (Lipinski definition) is 4. The molecule has 1 aromatic rings. The third-order valence-electron chi connectivity index (χ3n) is 7.60. The molecular weight excluding hydrogens is 490 g/mol. The lowest BCUT2D eigenvalue weighted by atomic mass is 10.0. The number of carbonyl (C=O) groups is 2. The molecular formula is C33H57NO5. The summed E-state index contributed by atoms with van der Waals surface area (Å²) in [4.78, 5) is 26.6. The zero-order chi connectivity index (χ0) is 28.6. The summed E-state index contributed by atoms with van der Waals surface area (Å²) >= 11 is 0. The predicted octanol–water partition coefficient (Wildman–Crippen LogP) is 9.07. The number of unbranched alkanes of at least 4 members (excludes halogenated alkanes) is 18. The Hall–Kier alpha value is -2.08. The number of hydrogen-bond donors (Lipinski definition) is 2. The van der Waals surface area contributed by atoms with Gasteiger partial charge >= 0.3 is 17.7 Å². The van der Waals surface area contributed by atoms with Crippen LogP contribution < -0.4 is 4.74 Å². The Kier molecular flexibility index (Phi) is 20.3. The largest absolute Gasteiger partial charge is 0.477 e. The van der Waals surface area contributed by atoms with Gasteiger partial charge in [-0.05, 0) is 25.0 Å². The van der Waals surface area contributed by atoms with Gasteiger partial charge in [0, 0.05) is 13.1 Å². The molecule has 6 nitrogen and oxygen atoms in total. The average Bonchev–Trinajstić information content (AvgIpc) is 2.93. The molecule has 0 bridgehead atoms. The summed E-state index contributed by atoms with van der Waals surface area (Å²) in [6, 6.07) is 8.46. The molecule has 0 saturated carbocycles. The molecule has 0 heterocycles. The minimum atomic E-state index is -2.43. The van der Waals surface area contributed by atoms with Crippen LogP contribution in [-0.4, -0.2) is 45.9 Å². The molecule has 224 valence electrons. The van der Waals surface area contributed by atoms with Gasteiger partial charge in [0.2, 0.25) is 0 Å². The second-order valence-electron chi connectivity index (χ2n) is 11.0. The highest BCUT2D eigenvalue weighted by molar-refractivity contribution is 6.01. The van der Waals surface area contributed by atoms with Gasteiger partial charge in [-0.25, -0.2) is 14.5 Å². The molecule has 0 saturated heterocycles. The molecule has 0 spiro atoms. The van der Waals surface area contributed by atoms with Gasteiger partial charge in [0.1, 0.15) is 5.75 Å². The van der Waals surface area contributed by atoms with E-state index in [0.29, 0.717) is 13.1 Å². The maximum absolute atomic E-state index is 12.5. The molecule has 0 fully saturated rings. The van der Waals surface area contributed by atoms with Crippen LogP contribution in [0.15, 0.2) is 30.3 Å². The molecule has 2 N–H and O–H groups in total. The fourth-order valence-corrected chi connectivity index (χ4v) is 5.18. The normalized spacial score (nSPS) is 11.7. The van der Waals surface area contributed by atoms with E-state index in [9.17, 15) is 19.8 Å². The number of nitrogens with zero attached hydrogens (tertiary/aromatic N) is 1. The molecule has 0 radical (unpaired) electrons. The van der Waals surface area contributed by atoms with E-state index in [4.69, 9.17) is 4.74 Å². The van der Waals surface area contributed by atoms with E-state index in [-0.39, 0.29) is 5.75 Å². The second-order valence-corrected chi connectivity index (χ2v) is 11.0. The summed E-state index contributed by atoms with van der Waals surface area (Å²) in [6.07, 6.45) is 23.4. The van der Waals surface area contributed by atoms with Crippen LogP contribution in [0.2, 0.25) is 0 Å². The standard InChI is InChI=1S/C33H57NO5/c1-3-5-7-9-11-13-15-17-19-24-28-34(29-25-20-18-16-14-12-10-8-6-4-2)33(31(35)36,32(37)38)39-30-26-22-21-23-27-30/h21-23,26-27H,3-20,24-25,28-29H2,1-2H3,(H,35,36)(H,37,38). The highest BCUT2D eigenvalue weighted by atomic mass is 16.6. The van der Waals surface area contributed by atoms with E-state index < -0.39 is 17.7 Å². The van der Waals surface area contributed by atoms with Gasteiger partial charge in [-0.3, -0.25) is 0 Å². The Bertz CT molecular complexity index is 701. The number of para-hydroxylation sites is 1. The van der Waals surface area contributed by atoms with Crippen molar-refractivity contribution < 1.29 is 24.5 Å². The molecule has 0 atom stereocenters. The van der Waals surface area contributed by atoms with Crippen molar-refractivity contribution >= 4 is 11.9 Å². The van der Waals surface area contributed by atoms with Crippen LogP contribution in [0, 0.1) is 0 Å². The summed E-state index contributed by atoms with van der Waals surface area (Å²) < 4.78 is 5.80. The van der Waals surface area contributed by atoms with Gasteiger partial charge in [-0.2, -0.15) is 0 Å². The molecule has 0 unspecified atom stereocenters. The lowest BCUT2D eigenvalue weighted by Gasteiger charge is -2.37. The molecule has 0 aliphatic carbocycles. The first-order chi connectivity index (χ1) is 19.0. The van der Waals surface area contributed by atoms with Crippen LogP contribution in [0.1, 0.15) is 142 Å². The van der Waals surface area contributed by atoms with Crippen molar-refractivity contribution in [1.82, 2.24) is 4.90 Å². The van der Waals surface area contributed by atoms with Crippen LogP contribution in [0.3, 0.4) is 0 Å². The Labute approximate surface area is 238 Å². The Morgan fingerprint density at radius 3 is 1.26 bits per heavy atom. The van der Waals surface area contributed by atoms with Crippen molar-refractivity contribution in [3.05, 3.63) is 30.3 Å². The maximum atomic E-state index is 12.5. The minimum Gasteiger partial charge on any atom is -0.477 e. The van der Waals surface area contributed by atoms with E-state index in [2.05, 4.69) is 13.8 Å². The summed E-state index contributed by atoms with van der Waals surface area (Å²) in [7, 11) is 0. The summed E-state index contributed by atoms with van der Waals surface area (Å²) in [5.41, 5.74) is -2.43. The SMILES string of the molecule is CCCCCCCCCCCCN(CCCCCCCCCCCC)C(Oc1ccccc1)(C(=O)O)C(=O)O. The topological polar surface area (TPSA) is 87.1 Å². The summed E-state index contributed by atoms with van der Waals surface area (Å²) in [5.74, 6) is -2.70. The van der Waals surface area contributed by atoms with Crippen molar-refractivity contribution in [1.29, 1.82) is 0 Å². The number of rotatable bonds is 27. The first-order valence-electron chi connectivity index (χ1n) is 15.9. The fraction of sp³-hybridized carbons (Fsp3) is 0.758. The lowest BCUT2D eigenvalue weighted by molar-refractivity contribution is -0.194. The van der Waals surface area contributed by atoms with Gasteiger partial charge in [-0.15, -0.1) is 0 Å². The third-order valence-corrected chi connectivity index (χ3v) is 7.60. The van der Waals surface area contributed by atoms with E-state index in [1.807, 2.05) is 0 Å². The third kappa shape index (κ3) is 14.8. The van der Waals surface area contributed by atoms with Crippen LogP contribution in [0.25, 0.3) is 0 Å². The molecule has 0 aromatic heterocycles. The number of aliphatic carboxylic acids is 2. The van der Waals surface area contributed by atoms with Gasteiger partial charge in [-0.1, -0.05) is 148 Å². The highest BCUT2D eigenvalue weighted by Crippen LogP contribution is 2.25. The van der Waals surface area contributed by atoms with Crippen molar-refractivity contribution in [3.63, 3.8) is 0 Å². The Morgan fingerprint density at radius 2 is 0.923 bits per heavy atom. The predicted molar refractivity (Wildman–Crippen MR) is 160 cm³/mol. The van der Waals surface area contributed by atoms with Crippen molar-refractivity contribution in [3.8, 4) is 5.75 Å². The fourth-order valence-electron chi connectivity index (χ4n) is 5.18. The van der Waals surface area contributed by atoms with Crippen LogP contribution >= 0.6 is 0 Å². The molecule has 0 amide bonds. The zero-order valence-electron chi connectivity index (χ0n) is 25.0. The minimum absolute atomic E-state index is 0.249. The smallest absolute Gasteiger partial charge is 0.376 e. The van der Waals surface area contributed by atoms with Gasteiger partial charge in [0.05, 0.1) is 0 Å². The highest BCUT2D eigenvalue weighted by Gasteiger charge is 2.54. The number of benzene rings is 1. The quantitative estimate of drug-likeness (QED) is 0.0649. The van der Waals surface area contributed by atoms with Gasteiger partial charge in [0.25, 0.3) is 0 Å². The monoisotopic (exact) mass is 547 g/mol. The van der Waals surface area contributed by atoms with Crippen molar-refractivity contribution in [2.45, 2.75) is 148 Å². The molecule has 1 aromatic carbocycles. The Balaban J connectivity index is 2.67. The first-order valence-corrected chi connectivity index (χ1v) is 15.9.